The van der Waals surface area contributed by atoms with Crippen LogP contribution < -0.4 is 15.8 Å². The Morgan fingerprint density at radius 2 is 2.00 bits per heavy atom. The van der Waals surface area contributed by atoms with Gasteiger partial charge in [-0.05, 0) is 62.8 Å². The molecule has 0 saturated heterocycles. The van der Waals surface area contributed by atoms with Crippen LogP contribution in [0.3, 0.4) is 0 Å². The quantitative estimate of drug-likeness (QED) is 0.727. The van der Waals surface area contributed by atoms with Gasteiger partial charge in [0.25, 0.3) is 0 Å². The third kappa shape index (κ3) is 3.79. The van der Waals surface area contributed by atoms with Gasteiger partial charge in [-0.2, -0.15) is 0 Å². The molecule has 6 nitrogen and oxygen atoms in total. The molecule has 0 heterocycles. The number of amides is 1. The minimum absolute atomic E-state index is 0.0523. The second-order valence-corrected chi connectivity index (χ2v) is 8.58. The topological polar surface area (TPSA) is 101 Å². The first-order chi connectivity index (χ1) is 11.4. The maximum Gasteiger partial charge on any atom is 0.241 e. The average Bonchev–Trinajstić information content (AvgIpc) is 3.20. The Morgan fingerprint density at radius 3 is 2.67 bits per heavy atom. The first-order valence-corrected chi connectivity index (χ1v) is 10.0. The summed E-state index contributed by atoms with van der Waals surface area (Å²) in [5.41, 5.74) is 6.93. The van der Waals surface area contributed by atoms with Crippen molar-refractivity contribution in [2.24, 2.45) is 17.6 Å². The number of benzene rings is 1. The monoisotopic (exact) mass is 351 g/mol. The predicted molar refractivity (Wildman–Crippen MR) is 93.0 cm³/mol. The summed E-state index contributed by atoms with van der Waals surface area (Å²) in [7, 11) is -3.54. The molecule has 3 rings (SSSR count). The molecule has 0 unspecified atom stereocenters. The summed E-state index contributed by atoms with van der Waals surface area (Å²) in [4.78, 5) is 12.7. The molecule has 0 aromatic heterocycles. The van der Waals surface area contributed by atoms with Gasteiger partial charge < -0.3 is 11.1 Å². The van der Waals surface area contributed by atoms with E-state index in [-0.39, 0.29) is 28.7 Å². The fourth-order valence-corrected chi connectivity index (χ4v) is 4.93. The molecule has 0 aliphatic heterocycles. The molecular formula is C17H25N3O3S. The smallest absolute Gasteiger partial charge is 0.241 e. The largest absolute Gasteiger partial charge is 0.330 e. The van der Waals surface area contributed by atoms with Crippen LogP contribution in [0.25, 0.3) is 0 Å². The lowest BCUT2D eigenvalue weighted by atomic mass is 9.95. The zero-order chi connectivity index (χ0) is 17.3. The van der Waals surface area contributed by atoms with Gasteiger partial charge in [-0.1, -0.05) is 12.5 Å². The van der Waals surface area contributed by atoms with Crippen LogP contribution in [0.4, 0.5) is 5.69 Å². The zero-order valence-corrected chi connectivity index (χ0v) is 14.7. The van der Waals surface area contributed by atoms with Gasteiger partial charge in [-0.3, -0.25) is 4.79 Å². The number of carbonyl (C=O) groups is 1. The van der Waals surface area contributed by atoms with Crippen LogP contribution >= 0.6 is 0 Å². The number of aryl methyl sites for hydroxylation is 1. The molecule has 0 radical (unpaired) electrons. The van der Waals surface area contributed by atoms with Crippen LogP contribution in [0.15, 0.2) is 23.1 Å². The highest BCUT2D eigenvalue weighted by Crippen LogP contribution is 2.32. The minimum Gasteiger partial charge on any atom is -0.330 e. The molecule has 0 spiro atoms. The van der Waals surface area contributed by atoms with E-state index in [9.17, 15) is 13.2 Å². The van der Waals surface area contributed by atoms with E-state index in [1.165, 1.54) is 0 Å². The van der Waals surface area contributed by atoms with Crippen LogP contribution in [0.1, 0.15) is 37.7 Å². The lowest BCUT2D eigenvalue weighted by Crippen LogP contribution is -2.30. The number of hydrogen-bond donors (Lipinski definition) is 3. The summed E-state index contributed by atoms with van der Waals surface area (Å²) in [6.07, 6.45) is 4.61. The van der Waals surface area contributed by atoms with Crippen molar-refractivity contribution < 1.29 is 13.2 Å². The fourth-order valence-electron chi connectivity index (χ4n) is 3.35. The van der Waals surface area contributed by atoms with Gasteiger partial charge in [0.05, 0.1) is 4.90 Å². The Hall–Kier alpha value is -1.44. The molecule has 24 heavy (non-hydrogen) atoms. The summed E-state index contributed by atoms with van der Waals surface area (Å²) >= 11 is 0. The Balaban J connectivity index is 1.77. The van der Waals surface area contributed by atoms with E-state index in [0.717, 1.165) is 32.1 Å². The van der Waals surface area contributed by atoms with Crippen molar-refractivity contribution in [3.05, 3.63) is 23.8 Å². The van der Waals surface area contributed by atoms with Gasteiger partial charge in [-0.15, -0.1) is 0 Å². The van der Waals surface area contributed by atoms with Gasteiger partial charge >= 0.3 is 0 Å². The Labute approximate surface area is 143 Å². The number of carbonyl (C=O) groups excluding carboxylic acids is 1. The number of nitrogens with one attached hydrogen (secondary N) is 2. The third-order valence-corrected chi connectivity index (χ3v) is 6.61. The van der Waals surface area contributed by atoms with Crippen molar-refractivity contribution in [1.82, 2.24) is 4.72 Å². The lowest BCUT2D eigenvalue weighted by molar-refractivity contribution is -0.120. The van der Waals surface area contributed by atoms with Gasteiger partial charge in [0.2, 0.25) is 15.9 Å². The number of nitrogens with two attached hydrogens (primary N) is 1. The average molecular weight is 351 g/mol. The molecule has 0 bridgehead atoms. The maximum atomic E-state index is 12.5. The molecule has 1 aromatic carbocycles. The summed E-state index contributed by atoms with van der Waals surface area (Å²) < 4.78 is 27.6. The van der Waals surface area contributed by atoms with Gasteiger partial charge in [0.1, 0.15) is 0 Å². The van der Waals surface area contributed by atoms with Crippen LogP contribution in [0.5, 0.6) is 0 Å². The number of anilines is 1. The normalized spacial score (nSPS) is 24.1. The van der Waals surface area contributed by atoms with Crippen LogP contribution in [0.2, 0.25) is 0 Å². The number of hydrogen-bond acceptors (Lipinski definition) is 4. The second-order valence-electron chi connectivity index (χ2n) is 6.90. The predicted octanol–water partition coefficient (Wildman–Crippen LogP) is 1.75. The first-order valence-electron chi connectivity index (χ1n) is 8.54. The molecule has 1 aromatic rings. The molecule has 132 valence electrons. The highest BCUT2D eigenvalue weighted by Gasteiger charge is 2.32. The van der Waals surface area contributed by atoms with Crippen molar-refractivity contribution in [2.75, 3.05) is 11.9 Å². The van der Waals surface area contributed by atoms with E-state index in [2.05, 4.69) is 10.0 Å². The molecule has 2 saturated carbocycles. The van der Waals surface area contributed by atoms with E-state index in [0.29, 0.717) is 17.8 Å². The lowest BCUT2D eigenvalue weighted by Gasteiger charge is -2.18. The van der Waals surface area contributed by atoms with Gasteiger partial charge in [0, 0.05) is 17.6 Å². The third-order valence-electron chi connectivity index (χ3n) is 4.94. The second kappa shape index (κ2) is 6.82. The Morgan fingerprint density at radius 1 is 1.25 bits per heavy atom. The van der Waals surface area contributed by atoms with E-state index in [4.69, 9.17) is 5.73 Å². The summed E-state index contributed by atoms with van der Waals surface area (Å²) in [6, 6.07) is 5.07. The molecule has 4 N–H and O–H groups in total. The summed E-state index contributed by atoms with van der Waals surface area (Å²) in [5, 5.41) is 2.87. The van der Waals surface area contributed by atoms with Crippen molar-refractivity contribution in [1.29, 1.82) is 0 Å². The fraction of sp³-hybridized carbons (Fsp3) is 0.588. The molecular weight excluding hydrogens is 326 g/mol. The van der Waals surface area contributed by atoms with E-state index in [1.54, 1.807) is 25.1 Å². The molecule has 2 aliphatic rings. The highest BCUT2D eigenvalue weighted by atomic mass is 32.2. The standard InChI is InChI=1S/C17H25N3O3S/c1-11-5-6-14(9-16(11)24(22,23)20-13-7-8-13)19-17(21)15-4-2-3-12(15)10-18/h5-6,9,12-13,15,20H,2-4,7-8,10,18H2,1H3,(H,19,21)/t12-,15-/m1/s1. The number of rotatable bonds is 6. The highest BCUT2D eigenvalue weighted by molar-refractivity contribution is 7.89. The maximum absolute atomic E-state index is 12.5. The molecule has 2 fully saturated rings. The molecule has 2 atom stereocenters. The first kappa shape index (κ1) is 17.4. The molecule has 1 amide bonds. The Kier molecular flexibility index (Phi) is 4.94. The van der Waals surface area contributed by atoms with Crippen LogP contribution in [0, 0.1) is 18.8 Å². The number of sulfonamides is 1. The van der Waals surface area contributed by atoms with Crippen molar-refractivity contribution in [2.45, 2.75) is 50.0 Å². The van der Waals surface area contributed by atoms with Gasteiger partial charge in [0.15, 0.2) is 0 Å². The minimum atomic E-state index is -3.54. The van der Waals surface area contributed by atoms with Crippen LogP contribution in [-0.4, -0.2) is 26.9 Å². The van der Waals surface area contributed by atoms with E-state index >= 15 is 0 Å². The summed E-state index contributed by atoms with van der Waals surface area (Å²) in [6.45, 7) is 2.27. The van der Waals surface area contributed by atoms with Crippen molar-refractivity contribution >= 4 is 21.6 Å². The van der Waals surface area contributed by atoms with Crippen LogP contribution in [-0.2, 0) is 14.8 Å². The summed E-state index contributed by atoms with van der Waals surface area (Å²) in [5.74, 6) is 0.0708. The molecule has 7 heteroatoms. The van der Waals surface area contributed by atoms with Crippen molar-refractivity contribution in [3.8, 4) is 0 Å². The van der Waals surface area contributed by atoms with E-state index < -0.39 is 10.0 Å². The SMILES string of the molecule is Cc1ccc(NC(=O)[C@@H]2CCC[C@@H]2CN)cc1S(=O)(=O)NC1CC1. The Bertz CT molecular complexity index is 729. The van der Waals surface area contributed by atoms with Gasteiger partial charge in [-0.25, -0.2) is 13.1 Å². The zero-order valence-electron chi connectivity index (χ0n) is 13.9. The molecule has 2 aliphatic carbocycles. The van der Waals surface area contributed by atoms with Crippen molar-refractivity contribution in [3.63, 3.8) is 0 Å². The van der Waals surface area contributed by atoms with E-state index in [1.807, 2.05) is 0 Å².